The van der Waals surface area contributed by atoms with Gasteiger partial charge in [-0.3, -0.25) is 0 Å². The Bertz CT molecular complexity index is 140. The van der Waals surface area contributed by atoms with Gasteiger partial charge in [-0.2, -0.15) is 0 Å². The van der Waals surface area contributed by atoms with Crippen LogP contribution >= 0.6 is 0 Å². The summed E-state index contributed by atoms with van der Waals surface area (Å²) >= 11 is 0. The van der Waals surface area contributed by atoms with E-state index in [1.807, 2.05) is 0 Å². The topological polar surface area (TPSA) is 20.2 Å². The minimum atomic E-state index is -0.251. The molecule has 1 unspecified atom stereocenters. The summed E-state index contributed by atoms with van der Waals surface area (Å²) in [6.45, 7) is 8.33. The molecule has 0 radical (unpaired) electrons. The molecule has 0 amide bonds. The minimum Gasteiger partial charge on any atom is -0.389 e. The lowest BCUT2D eigenvalue weighted by molar-refractivity contribution is 0.192. The third-order valence-corrected chi connectivity index (χ3v) is 2.65. The number of rotatable bonds is 9. The quantitative estimate of drug-likeness (QED) is 0.437. The molecule has 0 aliphatic heterocycles. The first kappa shape index (κ1) is 13.7. The van der Waals surface area contributed by atoms with Crippen molar-refractivity contribution in [1.82, 2.24) is 0 Å². The van der Waals surface area contributed by atoms with Gasteiger partial charge in [0.1, 0.15) is 0 Å². The van der Waals surface area contributed by atoms with Gasteiger partial charge in [0, 0.05) is 0 Å². The van der Waals surface area contributed by atoms with Crippen LogP contribution in [0.25, 0.3) is 0 Å². The first-order chi connectivity index (χ1) is 6.72. The number of hydrogen-bond donors (Lipinski definition) is 1. The molecule has 1 N–H and O–H groups in total. The van der Waals surface area contributed by atoms with Gasteiger partial charge in [-0.25, -0.2) is 0 Å². The number of aliphatic hydroxyl groups is 1. The van der Waals surface area contributed by atoms with Crippen LogP contribution in [0.3, 0.4) is 0 Å². The Hall–Kier alpha value is -0.300. The van der Waals surface area contributed by atoms with Gasteiger partial charge in [0.2, 0.25) is 0 Å². The van der Waals surface area contributed by atoms with Crippen molar-refractivity contribution < 1.29 is 5.11 Å². The highest BCUT2D eigenvalue weighted by atomic mass is 16.3. The van der Waals surface area contributed by atoms with E-state index < -0.39 is 0 Å². The first-order valence-corrected chi connectivity index (χ1v) is 6.08. The van der Waals surface area contributed by atoms with Crippen LogP contribution in [-0.4, -0.2) is 11.2 Å². The van der Waals surface area contributed by atoms with Gasteiger partial charge in [0.15, 0.2) is 0 Å². The maximum atomic E-state index is 9.74. The molecule has 0 rings (SSSR count). The van der Waals surface area contributed by atoms with Crippen LogP contribution in [0.5, 0.6) is 0 Å². The highest BCUT2D eigenvalue weighted by Crippen LogP contribution is 2.15. The monoisotopic (exact) mass is 198 g/mol. The molecule has 84 valence electrons. The zero-order valence-electron chi connectivity index (χ0n) is 9.89. The van der Waals surface area contributed by atoms with Crippen LogP contribution < -0.4 is 0 Å². The fraction of sp³-hybridized carbons (Fsp3) is 0.846. The smallest absolute Gasteiger partial charge is 0.0747 e. The van der Waals surface area contributed by atoms with Crippen molar-refractivity contribution in [3.05, 3.63) is 12.2 Å². The zero-order valence-corrected chi connectivity index (χ0v) is 9.89. The molecule has 1 nitrogen and oxygen atoms in total. The summed E-state index contributed by atoms with van der Waals surface area (Å²) in [7, 11) is 0. The second-order valence-corrected chi connectivity index (χ2v) is 4.13. The Morgan fingerprint density at radius 1 is 1.07 bits per heavy atom. The molecule has 0 spiro atoms. The van der Waals surface area contributed by atoms with E-state index in [1.54, 1.807) is 0 Å². The summed E-state index contributed by atoms with van der Waals surface area (Å²) in [5.74, 6) is 0. The summed E-state index contributed by atoms with van der Waals surface area (Å²) in [6.07, 6.45) is 8.89. The van der Waals surface area contributed by atoms with E-state index in [9.17, 15) is 5.11 Å². The number of unbranched alkanes of at least 4 members (excludes halogenated alkanes) is 4. The van der Waals surface area contributed by atoms with E-state index >= 15 is 0 Å². The van der Waals surface area contributed by atoms with Crippen LogP contribution in [-0.2, 0) is 0 Å². The van der Waals surface area contributed by atoms with Crippen LogP contribution in [0.1, 0.15) is 65.2 Å². The molecule has 0 aliphatic rings. The predicted molar refractivity (Wildman–Crippen MR) is 63.4 cm³/mol. The Labute approximate surface area is 89.2 Å². The molecule has 0 saturated heterocycles. The van der Waals surface area contributed by atoms with E-state index in [1.165, 1.54) is 32.1 Å². The zero-order chi connectivity index (χ0) is 10.8. The van der Waals surface area contributed by atoms with E-state index in [4.69, 9.17) is 0 Å². The molecule has 0 saturated carbocycles. The summed E-state index contributed by atoms with van der Waals surface area (Å²) < 4.78 is 0. The molecule has 0 aromatic rings. The fourth-order valence-electron chi connectivity index (χ4n) is 1.56. The van der Waals surface area contributed by atoms with Crippen LogP contribution in [0.4, 0.5) is 0 Å². The van der Waals surface area contributed by atoms with Gasteiger partial charge < -0.3 is 5.11 Å². The molecule has 14 heavy (non-hydrogen) atoms. The predicted octanol–water partition coefficient (Wildman–Crippen LogP) is 4.06. The SMILES string of the molecule is C=C(CCCCC)C(O)CCCCC. The Morgan fingerprint density at radius 2 is 1.64 bits per heavy atom. The van der Waals surface area contributed by atoms with Gasteiger partial charge in [-0.15, -0.1) is 0 Å². The van der Waals surface area contributed by atoms with Crippen molar-refractivity contribution in [3.8, 4) is 0 Å². The average molecular weight is 198 g/mol. The normalized spacial score (nSPS) is 12.8. The fourth-order valence-corrected chi connectivity index (χ4v) is 1.56. The second kappa shape index (κ2) is 9.26. The van der Waals surface area contributed by atoms with Crippen molar-refractivity contribution in [2.24, 2.45) is 0 Å². The lowest BCUT2D eigenvalue weighted by Gasteiger charge is -2.13. The lowest BCUT2D eigenvalue weighted by Crippen LogP contribution is -2.09. The van der Waals surface area contributed by atoms with Crippen molar-refractivity contribution in [3.63, 3.8) is 0 Å². The Kier molecular flexibility index (Phi) is 9.06. The highest BCUT2D eigenvalue weighted by molar-refractivity contribution is 5.01. The third-order valence-electron chi connectivity index (χ3n) is 2.65. The molecule has 0 fully saturated rings. The summed E-state index contributed by atoms with van der Waals surface area (Å²) in [5, 5.41) is 9.74. The molecule has 0 bridgehead atoms. The molecule has 0 aliphatic carbocycles. The first-order valence-electron chi connectivity index (χ1n) is 6.08. The molecule has 1 heteroatoms. The Morgan fingerprint density at radius 3 is 2.21 bits per heavy atom. The molecular formula is C13H26O. The van der Waals surface area contributed by atoms with Crippen LogP contribution in [0.15, 0.2) is 12.2 Å². The van der Waals surface area contributed by atoms with Crippen molar-refractivity contribution >= 4 is 0 Å². The maximum absolute atomic E-state index is 9.74. The average Bonchev–Trinajstić information content (AvgIpc) is 2.18. The van der Waals surface area contributed by atoms with Crippen molar-refractivity contribution in [1.29, 1.82) is 0 Å². The third kappa shape index (κ3) is 7.14. The molecule has 0 aromatic heterocycles. The van der Waals surface area contributed by atoms with Gasteiger partial charge >= 0.3 is 0 Å². The second-order valence-electron chi connectivity index (χ2n) is 4.13. The van der Waals surface area contributed by atoms with Crippen LogP contribution in [0.2, 0.25) is 0 Å². The van der Waals surface area contributed by atoms with E-state index in [2.05, 4.69) is 20.4 Å². The van der Waals surface area contributed by atoms with Gasteiger partial charge in [0.25, 0.3) is 0 Å². The highest BCUT2D eigenvalue weighted by Gasteiger charge is 2.07. The Balaban J connectivity index is 3.44. The summed E-state index contributed by atoms with van der Waals surface area (Å²) in [6, 6.07) is 0. The maximum Gasteiger partial charge on any atom is 0.0747 e. The minimum absolute atomic E-state index is 0.251. The molecule has 0 aromatic carbocycles. The van der Waals surface area contributed by atoms with E-state index in [0.717, 1.165) is 24.8 Å². The molecule has 1 atom stereocenters. The number of hydrogen-bond acceptors (Lipinski definition) is 1. The number of aliphatic hydroxyl groups excluding tert-OH is 1. The summed E-state index contributed by atoms with van der Waals surface area (Å²) in [5.41, 5.74) is 1.04. The van der Waals surface area contributed by atoms with E-state index in [0.29, 0.717) is 0 Å². The van der Waals surface area contributed by atoms with Crippen molar-refractivity contribution in [2.75, 3.05) is 0 Å². The standard InChI is InChI=1S/C13H26O/c1-4-6-8-10-12(3)13(14)11-9-7-5-2/h13-14H,3-11H2,1-2H3. The van der Waals surface area contributed by atoms with E-state index in [-0.39, 0.29) is 6.10 Å². The largest absolute Gasteiger partial charge is 0.389 e. The van der Waals surface area contributed by atoms with Crippen molar-refractivity contribution in [2.45, 2.75) is 71.3 Å². The summed E-state index contributed by atoms with van der Waals surface area (Å²) in [4.78, 5) is 0. The molecular weight excluding hydrogens is 172 g/mol. The van der Waals surface area contributed by atoms with Gasteiger partial charge in [-0.05, 0) is 24.8 Å². The van der Waals surface area contributed by atoms with Gasteiger partial charge in [0.05, 0.1) is 6.10 Å². The molecule has 0 heterocycles. The lowest BCUT2D eigenvalue weighted by atomic mass is 10.00. The van der Waals surface area contributed by atoms with Gasteiger partial charge in [-0.1, -0.05) is 52.5 Å². The van der Waals surface area contributed by atoms with Crippen LogP contribution in [0, 0.1) is 0 Å².